The molecule has 0 radical (unpaired) electrons. The van der Waals surface area contributed by atoms with Crippen LogP contribution in [0.2, 0.25) is 0 Å². The molecule has 2 aromatic rings. The lowest BCUT2D eigenvalue weighted by Crippen LogP contribution is -2.31. The summed E-state index contributed by atoms with van der Waals surface area (Å²) in [5.74, 6) is -1.12. The van der Waals surface area contributed by atoms with Crippen molar-refractivity contribution in [3.05, 3.63) is 59.2 Å². The van der Waals surface area contributed by atoms with E-state index >= 15 is 0 Å². The predicted octanol–water partition coefficient (Wildman–Crippen LogP) is 4.11. The molecule has 0 N–H and O–H groups in total. The van der Waals surface area contributed by atoms with Gasteiger partial charge in [-0.05, 0) is 36.1 Å². The molecule has 2 nitrogen and oxygen atoms in total. The molecule has 0 aromatic heterocycles. The number of fused-ring (bicyclic) bond motifs is 1. The quantitative estimate of drug-likeness (QED) is 0.775. The number of aldehydes is 1. The van der Waals surface area contributed by atoms with Crippen LogP contribution in [0.3, 0.4) is 0 Å². The molecule has 2 aromatic carbocycles. The molecule has 0 saturated heterocycles. The molecular weight excluding hydrogens is 272 g/mol. The van der Waals surface area contributed by atoms with E-state index in [4.69, 9.17) is 0 Å². The van der Waals surface area contributed by atoms with Gasteiger partial charge in [0.2, 0.25) is 0 Å². The van der Waals surface area contributed by atoms with Gasteiger partial charge in [-0.1, -0.05) is 25.1 Å². The van der Waals surface area contributed by atoms with Crippen molar-refractivity contribution in [2.75, 3.05) is 11.4 Å². The molecule has 0 aliphatic carbocycles. The summed E-state index contributed by atoms with van der Waals surface area (Å²) in [5.41, 5.74) is 1.83. The van der Waals surface area contributed by atoms with Crippen molar-refractivity contribution in [1.82, 2.24) is 0 Å². The van der Waals surface area contributed by atoms with Crippen LogP contribution in [0.25, 0.3) is 0 Å². The second-order valence-electron chi connectivity index (χ2n) is 5.50. The van der Waals surface area contributed by atoms with E-state index < -0.39 is 11.6 Å². The molecule has 3 rings (SSSR count). The molecule has 0 fully saturated rings. The summed E-state index contributed by atoms with van der Waals surface area (Å²) in [6, 6.07) is 9.79. The maximum Gasteiger partial charge on any atom is 0.150 e. The Bertz CT molecular complexity index is 676. The molecule has 0 saturated carbocycles. The third-order valence-corrected chi connectivity index (χ3v) is 3.79. The van der Waals surface area contributed by atoms with E-state index in [2.05, 4.69) is 6.92 Å². The van der Waals surface area contributed by atoms with Gasteiger partial charge in [0.1, 0.15) is 12.0 Å². The summed E-state index contributed by atoms with van der Waals surface area (Å²) in [4.78, 5) is 12.4. The third kappa shape index (κ3) is 2.42. The fourth-order valence-corrected chi connectivity index (χ4v) is 2.92. The van der Waals surface area contributed by atoms with Crippen molar-refractivity contribution in [1.29, 1.82) is 0 Å². The molecule has 0 bridgehead atoms. The molecule has 1 unspecified atom stereocenters. The van der Waals surface area contributed by atoms with Crippen LogP contribution in [-0.4, -0.2) is 12.8 Å². The minimum absolute atomic E-state index is 0.00657. The van der Waals surface area contributed by atoms with Gasteiger partial charge in [0, 0.05) is 17.8 Å². The Kier molecular flexibility index (Phi) is 3.45. The zero-order chi connectivity index (χ0) is 15.0. The number of nitrogens with zero attached hydrogens (tertiary/aromatic N) is 1. The highest BCUT2D eigenvalue weighted by molar-refractivity contribution is 5.77. The van der Waals surface area contributed by atoms with Crippen LogP contribution in [0.15, 0.2) is 36.4 Å². The normalized spacial score (nSPS) is 17.5. The zero-order valence-corrected chi connectivity index (χ0v) is 11.6. The first kappa shape index (κ1) is 13.7. The van der Waals surface area contributed by atoms with Gasteiger partial charge in [0.15, 0.2) is 11.6 Å². The van der Waals surface area contributed by atoms with Crippen molar-refractivity contribution in [3.8, 4) is 0 Å². The van der Waals surface area contributed by atoms with Crippen LogP contribution in [-0.2, 0) is 6.42 Å². The van der Waals surface area contributed by atoms with E-state index in [-0.39, 0.29) is 11.3 Å². The molecule has 108 valence electrons. The number of hydrogen-bond acceptors (Lipinski definition) is 2. The lowest BCUT2D eigenvalue weighted by molar-refractivity contribution is 0.112. The van der Waals surface area contributed by atoms with Crippen molar-refractivity contribution in [2.24, 2.45) is 5.92 Å². The Morgan fingerprint density at radius 2 is 1.86 bits per heavy atom. The van der Waals surface area contributed by atoms with Gasteiger partial charge in [-0.25, -0.2) is 8.78 Å². The smallest absolute Gasteiger partial charge is 0.150 e. The fourth-order valence-electron chi connectivity index (χ4n) is 2.92. The Hall–Kier alpha value is -2.23. The SMILES string of the molecule is CC1Cc2ccccc2N(c2c(F)cc(C=O)cc2F)C1. The summed E-state index contributed by atoms with van der Waals surface area (Å²) >= 11 is 0. The third-order valence-electron chi connectivity index (χ3n) is 3.79. The van der Waals surface area contributed by atoms with Crippen LogP contribution >= 0.6 is 0 Å². The number of carbonyl (C=O) groups excluding carboxylic acids is 1. The lowest BCUT2D eigenvalue weighted by atomic mass is 9.93. The molecule has 1 aliphatic heterocycles. The topological polar surface area (TPSA) is 20.3 Å². The minimum Gasteiger partial charge on any atom is -0.336 e. The second kappa shape index (κ2) is 5.28. The molecule has 1 atom stereocenters. The van der Waals surface area contributed by atoms with Crippen LogP contribution in [0, 0.1) is 17.6 Å². The molecule has 4 heteroatoms. The van der Waals surface area contributed by atoms with Gasteiger partial charge in [0.05, 0.1) is 0 Å². The van der Waals surface area contributed by atoms with E-state index in [0.717, 1.165) is 29.8 Å². The van der Waals surface area contributed by atoms with Gasteiger partial charge < -0.3 is 4.90 Å². The van der Waals surface area contributed by atoms with Gasteiger partial charge in [0.25, 0.3) is 0 Å². The van der Waals surface area contributed by atoms with E-state index in [9.17, 15) is 13.6 Å². The number of benzene rings is 2. The summed E-state index contributed by atoms with van der Waals surface area (Å²) in [6.45, 7) is 2.60. The number of para-hydroxylation sites is 1. The molecular formula is C17H15F2NO. The minimum atomic E-state index is -0.707. The van der Waals surface area contributed by atoms with Gasteiger partial charge in [-0.3, -0.25) is 4.79 Å². The van der Waals surface area contributed by atoms with Crippen LogP contribution in [0.4, 0.5) is 20.2 Å². The van der Waals surface area contributed by atoms with Crippen molar-refractivity contribution in [2.45, 2.75) is 13.3 Å². The Morgan fingerprint density at radius 1 is 1.19 bits per heavy atom. The highest BCUT2D eigenvalue weighted by Crippen LogP contribution is 2.38. The number of anilines is 2. The molecule has 21 heavy (non-hydrogen) atoms. The van der Waals surface area contributed by atoms with E-state index in [1.807, 2.05) is 24.3 Å². The fraction of sp³-hybridized carbons (Fsp3) is 0.235. The van der Waals surface area contributed by atoms with Crippen molar-refractivity contribution < 1.29 is 13.6 Å². The average molecular weight is 287 g/mol. The van der Waals surface area contributed by atoms with Crippen LogP contribution in [0.5, 0.6) is 0 Å². The number of carbonyl (C=O) groups is 1. The number of hydrogen-bond donors (Lipinski definition) is 0. The van der Waals surface area contributed by atoms with Crippen LogP contribution < -0.4 is 4.90 Å². The summed E-state index contributed by atoms with van der Waals surface area (Å²) < 4.78 is 28.5. The first-order valence-electron chi connectivity index (χ1n) is 6.90. The Balaban J connectivity index is 2.15. The highest BCUT2D eigenvalue weighted by Gasteiger charge is 2.27. The van der Waals surface area contributed by atoms with Gasteiger partial charge in [-0.15, -0.1) is 0 Å². The second-order valence-corrected chi connectivity index (χ2v) is 5.50. The predicted molar refractivity (Wildman–Crippen MR) is 78.1 cm³/mol. The lowest BCUT2D eigenvalue weighted by Gasteiger charge is -2.35. The van der Waals surface area contributed by atoms with E-state index in [0.29, 0.717) is 18.7 Å². The van der Waals surface area contributed by atoms with E-state index in [1.54, 1.807) is 4.90 Å². The first-order chi connectivity index (χ1) is 10.1. The molecule has 1 aliphatic rings. The molecule has 0 spiro atoms. The van der Waals surface area contributed by atoms with Crippen molar-refractivity contribution >= 4 is 17.7 Å². The summed E-state index contributed by atoms with van der Waals surface area (Å²) in [5, 5.41) is 0. The monoisotopic (exact) mass is 287 g/mol. The van der Waals surface area contributed by atoms with E-state index in [1.165, 1.54) is 0 Å². The van der Waals surface area contributed by atoms with Gasteiger partial charge in [-0.2, -0.15) is 0 Å². The van der Waals surface area contributed by atoms with Crippen molar-refractivity contribution in [3.63, 3.8) is 0 Å². The Labute approximate surface area is 122 Å². The van der Waals surface area contributed by atoms with Gasteiger partial charge >= 0.3 is 0 Å². The summed E-state index contributed by atoms with van der Waals surface area (Å²) in [6.07, 6.45) is 1.34. The Morgan fingerprint density at radius 3 is 2.52 bits per heavy atom. The average Bonchev–Trinajstić information content (AvgIpc) is 2.46. The largest absolute Gasteiger partial charge is 0.336 e. The molecule has 1 heterocycles. The number of halogens is 2. The maximum absolute atomic E-state index is 14.3. The first-order valence-corrected chi connectivity index (χ1v) is 6.90. The highest BCUT2D eigenvalue weighted by atomic mass is 19.1. The zero-order valence-electron chi connectivity index (χ0n) is 11.6. The summed E-state index contributed by atoms with van der Waals surface area (Å²) in [7, 11) is 0. The standard InChI is InChI=1S/C17H15F2NO/c1-11-6-13-4-2-3-5-16(13)20(9-11)17-14(18)7-12(10-21)8-15(17)19/h2-5,7-8,10-11H,6,9H2,1H3. The number of rotatable bonds is 2. The maximum atomic E-state index is 14.3. The van der Waals surface area contributed by atoms with Crippen LogP contribution in [0.1, 0.15) is 22.8 Å². The molecule has 0 amide bonds.